The van der Waals surface area contributed by atoms with Crippen LogP contribution in [-0.4, -0.2) is 71.0 Å². The molecule has 42 heavy (non-hydrogen) atoms. The van der Waals surface area contributed by atoms with Crippen molar-refractivity contribution < 1.29 is 32.0 Å². The number of ether oxygens (including phenoxy) is 1. The van der Waals surface area contributed by atoms with Gasteiger partial charge >= 0.3 is 6.18 Å². The number of nitrogens with zero attached hydrogens (tertiary/aromatic N) is 4. The fraction of sp³-hybridized carbons (Fsp3) is 0.500. The summed E-state index contributed by atoms with van der Waals surface area (Å²) in [4.78, 5) is 31.2. The molecule has 1 aliphatic carbocycles. The van der Waals surface area contributed by atoms with Crippen LogP contribution in [0.3, 0.4) is 0 Å². The number of rotatable bonds is 9. The highest BCUT2D eigenvalue weighted by molar-refractivity contribution is 6.31. The van der Waals surface area contributed by atoms with E-state index in [1.807, 2.05) is 0 Å². The minimum atomic E-state index is -4.82. The Labute approximate surface area is 244 Å². The monoisotopic (exact) mass is 609 g/mol. The van der Waals surface area contributed by atoms with Crippen LogP contribution in [0.2, 0.25) is 5.02 Å². The summed E-state index contributed by atoms with van der Waals surface area (Å²) in [6.07, 6.45) is -1.77. The van der Waals surface area contributed by atoms with E-state index in [-0.39, 0.29) is 30.2 Å². The predicted molar refractivity (Wildman–Crippen MR) is 149 cm³/mol. The highest BCUT2D eigenvalue weighted by Crippen LogP contribution is 2.38. The first-order valence-electron chi connectivity index (χ1n) is 13.8. The van der Waals surface area contributed by atoms with Crippen LogP contribution in [-0.2, 0) is 22.3 Å². The Morgan fingerprint density at radius 3 is 2.55 bits per heavy atom. The van der Waals surface area contributed by atoms with Gasteiger partial charge in [-0.05, 0) is 61.9 Å². The maximum atomic E-state index is 13.2. The number of carbonyl (C=O) groups excluding carboxylic acids is 1. The Hall–Kier alpha value is -3.42. The topological polar surface area (TPSA) is 114 Å². The van der Waals surface area contributed by atoms with E-state index in [0.717, 1.165) is 43.3 Å². The second kappa shape index (κ2) is 12.8. The minimum absolute atomic E-state index is 0.0164. The average Bonchev–Trinajstić information content (AvgIpc) is 3.36. The van der Waals surface area contributed by atoms with E-state index >= 15 is 0 Å². The van der Waals surface area contributed by atoms with Crippen LogP contribution in [0.25, 0.3) is 11.1 Å². The number of fused-ring (bicyclic) bond motifs is 1. The van der Waals surface area contributed by atoms with Gasteiger partial charge in [0, 0.05) is 49.5 Å². The van der Waals surface area contributed by atoms with Crippen LogP contribution < -0.4 is 5.32 Å². The van der Waals surface area contributed by atoms with Gasteiger partial charge in [-0.2, -0.15) is 13.2 Å². The number of hydrogen-bond acceptors (Lipinski definition) is 8. The predicted octanol–water partition coefficient (Wildman–Crippen LogP) is 5.74. The van der Waals surface area contributed by atoms with Gasteiger partial charge in [0.15, 0.2) is 5.58 Å². The zero-order valence-corrected chi connectivity index (χ0v) is 23.5. The van der Waals surface area contributed by atoms with Crippen LogP contribution in [0.15, 0.2) is 40.8 Å². The Bertz CT molecular complexity index is 1420. The molecular weight excluding hydrogens is 579 g/mol. The number of piperazine rings is 1. The van der Waals surface area contributed by atoms with Crippen molar-refractivity contribution in [3.63, 3.8) is 0 Å². The number of carbonyl (C=O) groups is 1. The second-order valence-corrected chi connectivity index (χ2v) is 11.1. The van der Waals surface area contributed by atoms with Gasteiger partial charge in [-0.15, -0.1) is 0 Å². The van der Waals surface area contributed by atoms with Gasteiger partial charge in [0.1, 0.15) is 17.7 Å². The molecule has 5 rings (SSSR count). The summed E-state index contributed by atoms with van der Waals surface area (Å²) >= 11 is 6.02. The Kier molecular flexibility index (Phi) is 9.19. The molecule has 2 heterocycles. The van der Waals surface area contributed by atoms with E-state index < -0.39 is 22.4 Å². The van der Waals surface area contributed by atoms with Gasteiger partial charge in [0.05, 0.1) is 17.6 Å². The van der Waals surface area contributed by atoms with Gasteiger partial charge in [0.25, 0.3) is 5.69 Å². The van der Waals surface area contributed by atoms with Crippen molar-refractivity contribution in [1.82, 2.24) is 14.8 Å². The largest absolute Gasteiger partial charge is 0.439 e. The maximum absolute atomic E-state index is 13.2. The summed E-state index contributed by atoms with van der Waals surface area (Å²) in [5.41, 5.74) is -0.633. The summed E-state index contributed by atoms with van der Waals surface area (Å²) in [7, 11) is 0. The van der Waals surface area contributed by atoms with Crippen LogP contribution in [0, 0.1) is 16.0 Å². The van der Waals surface area contributed by atoms with Crippen LogP contribution in [0.4, 0.5) is 24.5 Å². The number of halogens is 4. The normalized spacial score (nSPS) is 20.1. The molecule has 1 saturated heterocycles. The molecule has 2 aromatic carbocycles. The summed E-state index contributed by atoms with van der Waals surface area (Å²) < 4.78 is 51.4. The van der Waals surface area contributed by atoms with Crippen LogP contribution >= 0.6 is 11.6 Å². The molecule has 1 saturated carbocycles. The number of benzene rings is 2. The zero-order chi connectivity index (χ0) is 29.9. The fourth-order valence-corrected chi connectivity index (χ4v) is 5.61. The lowest BCUT2D eigenvalue weighted by atomic mass is 9.87. The zero-order valence-electron chi connectivity index (χ0n) is 22.7. The molecule has 1 N–H and O–H groups in total. The quantitative estimate of drug-likeness (QED) is 0.241. The molecule has 1 amide bonds. The summed E-state index contributed by atoms with van der Waals surface area (Å²) in [5, 5.41) is 14.5. The second-order valence-electron chi connectivity index (χ2n) is 10.7. The highest BCUT2D eigenvalue weighted by Gasteiger charge is 2.38. The van der Waals surface area contributed by atoms with Gasteiger partial charge in [0.2, 0.25) is 11.8 Å². The SMILES string of the molecule is O=C(COC1CCC(CNc2ccc([N+](=O)[O-])c(C(F)(F)F)c2)CC1)N1CCN(Cc2nc3cc(Cl)ccc3o2)CC1. The Balaban J connectivity index is 1.00. The summed E-state index contributed by atoms with van der Waals surface area (Å²) in [6.45, 7) is 3.59. The number of nitro benzene ring substituents is 1. The van der Waals surface area contributed by atoms with Crippen molar-refractivity contribution in [2.24, 2.45) is 5.92 Å². The molecule has 3 aromatic rings. The van der Waals surface area contributed by atoms with E-state index in [2.05, 4.69) is 15.2 Å². The molecule has 2 aliphatic rings. The lowest BCUT2D eigenvalue weighted by Gasteiger charge is -2.34. The first kappa shape index (κ1) is 30.1. The van der Waals surface area contributed by atoms with Gasteiger partial charge in [-0.1, -0.05) is 11.6 Å². The van der Waals surface area contributed by atoms with E-state index in [9.17, 15) is 28.1 Å². The van der Waals surface area contributed by atoms with Crippen LogP contribution in [0.1, 0.15) is 37.1 Å². The summed E-state index contributed by atoms with van der Waals surface area (Å²) in [5.74, 6) is 0.782. The van der Waals surface area contributed by atoms with E-state index in [4.69, 9.17) is 20.8 Å². The van der Waals surface area contributed by atoms with E-state index in [1.165, 1.54) is 6.07 Å². The first-order valence-corrected chi connectivity index (χ1v) is 14.2. The number of nitrogens with one attached hydrogen (secondary N) is 1. The molecule has 1 aromatic heterocycles. The van der Waals surface area contributed by atoms with Gasteiger partial charge < -0.3 is 19.4 Å². The number of aromatic nitrogens is 1. The molecule has 14 heteroatoms. The molecular formula is C28H31ClF3N5O5. The van der Waals surface area contributed by atoms with Crippen molar-refractivity contribution in [1.29, 1.82) is 0 Å². The third kappa shape index (κ3) is 7.50. The van der Waals surface area contributed by atoms with E-state index in [1.54, 1.807) is 23.1 Å². The van der Waals surface area contributed by atoms with Crippen molar-refractivity contribution in [2.45, 2.75) is 44.5 Å². The minimum Gasteiger partial charge on any atom is -0.439 e. The van der Waals surface area contributed by atoms with E-state index in [0.29, 0.717) is 55.8 Å². The molecule has 0 bridgehead atoms. The highest BCUT2D eigenvalue weighted by atomic mass is 35.5. The maximum Gasteiger partial charge on any atom is 0.423 e. The standard InChI is InChI=1S/C28H31ClF3N5O5/c29-19-3-8-25-23(13-19)34-26(42-25)16-35-9-11-36(12-10-35)27(38)17-41-21-5-1-18(2-6-21)15-33-20-4-7-24(37(39)40)22(14-20)28(30,31)32/h3-4,7-8,13-14,18,21,33H,1-2,5-6,9-12,15-17H2. The molecule has 0 radical (unpaired) electrons. The molecule has 0 atom stereocenters. The summed E-state index contributed by atoms with van der Waals surface area (Å²) in [6, 6.07) is 8.27. The number of nitro groups is 1. The lowest BCUT2D eigenvalue weighted by Crippen LogP contribution is -2.49. The first-order chi connectivity index (χ1) is 20.0. The Morgan fingerprint density at radius 2 is 1.86 bits per heavy atom. The van der Waals surface area contributed by atoms with Crippen molar-refractivity contribution >= 4 is 40.0 Å². The lowest BCUT2D eigenvalue weighted by molar-refractivity contribution is -0.388. The molecule has 0 unspecified atom stereocenters. The third-order valence-electron chi connectivity index (χ3n) is 7.81. The van der Waals surface area contributed by atoms with Gasteiger partial charge in [-0.3, -0.25) is 19.8 Å². The fourth-order valence-electron chi connectivity index (χ4n) is 5.44. The van der Waals surface area contributed by atoms with Crippen molar-refractivity contribution in [2.75, 3.05) is 44.6 Å². The van der Waals surface area contributed by atoms with Crippen molar-refractivity contribution in [3.05, 3.63) is 63.0 Å². The Morgan fingerprint density at radius 1 is 1.12 bits per heavy atom. The molecule has 1 aliphatic heterocycles. The van der Waals surface area contributed by atoms with Gasteiger partial charge in [-0.25, -0.2) is 4.98 Å². The number of anilines is 1. The molecule has 0 spiro atoms. The number of amides is 1. The molecule has 10 nitrogen and oxygen atoms in total. The van der Waals surface area contributed by atoms with Crippen LogP contribution in [0.5, 0.6) is 0 Å². The molecule has 226 valence electrons. The number of alkyl halides is 3. The number of hydrogen-bond donors (Lipinski definition) is 1. The molecule has 2 fully saturated rings. The smallest absolute Gasteiger partial charge is 0.423 e. The third-order valence-corrected chi connectivity index (χ3v) is 8.04. The number of oxazole rings is 1. The average molecular weight is 610 g/mol. The van der Waals surface area contributed by atoms with Crippen molar-refractivity contribution in [3.8, 4) is 0 Å².